The van der Waals surface area contributed by atoms with Crippen molar-refractivity contribution < 1.29 is 0 Å². The molecule has 0 aromatic carbocycles. The van der Waals surface area contributed by atoms with Crippen molar-refractivity contribution >= 4 is 27.7 Å². The molecule has 0 saturated heterocycles. The summed E-state index contributed by atoms with van der Waals surface area (Å²) < 4.78 is 1.12. The second-order valence-electron chi connectivity index (χ2n) is 1.70. The molecule has 0 radical (unpaired) electrons. The van der Waals surface area contributed by atoms with Gasteiger partial charge in [0, 0.05) is 4.48 Å². The Balaban J connectivity index is 4.17. The molecule has 0 nitrogen and oxygen atoms in total. The Morgan fingerprint density at radius 3 is 2.60 bits per heavy atom. The topological polar surface area (TPSA) is 0 Å². The van der Waals surface area contributed by atoms with Gasteiger partial charge in [-0.15, -0.1) is 11.8 Å². The lowest BCUT2D eigenvalue weighted by atomic mass is 10.4. The normalized spacial score (nSPS) is 13.5. The van der Waals surface area contributed by atoms with Gasteiger partial charge in [0.1, 0.15) is 0 Å². The minimum Gasteiger partial charge on any atom is -0.133 e. The number of rotatable bonds is 3. The van der Waals surface area contributed by atoms with E-state index in [0.717, 1.165) is 4.48 Å². The molecule has 0 aliphatic rings. The van der Waals surface area contributed by atoms with Gasteiger partial charge in [-0.05, 0) is 40.1 Å². The lowest BCUT2D eigenvalue weighted by Gasteiger charge is -1.94. The van der Waals surface area contributed by atoms with Crippen LogP contribution in [0.3, 0.4) is 0 Å². The summed E-state index contributed by atoms with van der Waals surface area (Å²) in [6.45, 7) is 5.65. The van der Waals surface area contributed by atoms with Crippen molar-refractivity contribution in [2.45, 2.75) is 6.92 Å². The van der Waals surface area contributed by atoms with Gasteiger partial charge in [-0.1, -0.05) is 18.7 Å². The first-order chi connectivity index (χ1) is 4.72. The van der Waals surface area contributed by atoms with Crippen LogP contribution in [0.15, 0.2) is 34.2 Å². The quantitative estimate of drug-likeness (QED) is 0.652. The van der Waals surface area contributed by atoms with E-state index in [1.54, 1.807) is 17.8 Å². The molecular weight excluding hydrogens is 208 g/mol. The van der Waals surface area contributed by atoms with E-state index in [2.05, 4.69) is 35.7 Å². The Morgan fingerprint density at radius 2 is 2.20 bits per heavy atom. The van der Waals surface area contributed by atoms with Crippen LogP contribution in [0.2, 0.25) is 0 Å². The molecule has 0 heterocycles. The number of allylic oxidation sites excluding steroid dienone is 5. The molecule has 10 heavy (non-hydrogen) atoms. The minimum absolute atomic E-state index is 1.12. The summed E-state index contributed by atoms with van der Waals surface area (Å²) in [5.74, 6) is 0. The standard InChI is InChI=1S/C8H11BrS/c1-4-5-6-8(9)7(2)10-3/h4-6H,1H2,2-3H3. The maximum absolute atomic E-state index is 3.58. The van der Waals surface area contributed by atoms with E-state index in [9.17, 15) is 0 Å². The van der Waals surface area contributed by atoms with Crippen LogP contribution in [0.5, 0.6) is 0 Å². The van der Waals surface area contributed by atoms with E-state index in [0.29, 0.717) is 0 Å². The van der Waals surface area contributed by atoms with Gasteiger partial charge < -0.3 is 0 Å². The molecule has 0 saturated carbocycles. The molecule has 56 valence electrons. The van der Waals surface area contributed by atoms with Gasteiger partial charge in [0.25, 0.3) is 0 Å². The van der Waals surface area contributed by atoms with E-state index in [-0.39, 0.29) is 0 Å². The third-order valence-electron chi connectivity index (χ3n) is 1.02. The third kappa shape index (κ3) is 3.96. The Hall–Kier alpha value is 0.0500. The lowest BCUT2D eigenvalue weighted by molar-refractivity contribution is 1.65. The maximum Gasteiger partial charge on any atom is 0.0267 e. The lowest BCUT2D eigenvalue weighted by Crippen LogP contribution is -1.68. The van der Waals surface area contributed by atoms with Gasteiger partial charge in [-0.25, -0.2) is 0 Å². The van der Waals surface area contributed by atoms with Gasteiger partial charge in [0.05, 0.1) is 0 Å². The molecular formula is C8H11BrS. The molecule has 0 unspecified atom stereocenters. The first-order valence-corrected chi connectivity index (χ1v) is 4.93. The predicted molar refractivity (Wildman–Crippen MR) is 54.5 cm³/mol. The molecule has 0 aromatic rings. The third-order valence-corrected chi connectivity index (χ3v) is 2.97. The van der Waals surface area contributed by atoms with Crippen LogP contribution >= 0.6 is 27.7 Å². The first-order valence-electron chi connectivity index (χ1n) is 2.91. The van der Waals surface area contributed by atoms with Crippen LogP contribution in [0.4, 0.5) is 0 Å². The van der Waals surface area contributed by atoms with Crippen LogP contribution in [-0.4, -0.2) is 6.26 Å². The molecule has 0 rings (SSSR count). The highest BCUT2D eigenvalue weighted by atomic mass is 79.9. The second kappa shape index (κ2) is 5.81. The van der Waals surface area contributed by atoms with Crippen LogP contribution in [-0.2, 0) is 0 Å². The van der Waals surface area contributed by atoms with Gasteiger partial charge in [-0.3, -0.25) is 0 Å². The molecule has 0 aliphatic carbocycles. The van der Waals surface area contributed by atoms with Gasteiger partial charge in [0.2, 0.25) is 0 Å². The van der Waals surface area contributed by atoms with Crippen LogP contribution < -0.4 is 0 Å². The Labute approximate surface area is 75.2 Å². The molecule has 2 heteroatoms. The zero-order valence-electron chi connectivity index (χ0n) is 6.23. The van der Waals surface area contributed by atoms with Crippen molar-refractivity contribution in [3.05, 3.63) is 34.2 Å². The fourth-order valence-corrected chi connectivity index (χ4v) is 1.27. The highest BCUT2D eigenvalue weighted by molar-refractivity contribution is 9.12. The van der Waals surface area contributed by atoms with E-state index >= 15 is 0 Å². The molecule has 0 N–H and O–H groups in total. The van der Waals surface area contributed by atoms with Crippen molar-refractivity contribution in [2.24, 2.45) is 0 Å². The predicted octanol–water partition coefficient (Wildman–Crippen LogP) is 3.72. The molecule has 0 aliphatic heterocycles. The second-order valence-corrected chi connectivity index (χ2v) is 3.58. The molecule has 0 aromatic heterocycles. The zero-order chi connectivity index (χ0) is 7.98. The van der Waals surface area contributed by atoms with Gasteiger partial charge >= 0.3 is 0 Å². The van der Waals surface area contributed by atoms with Crippen LogP contribution in [0.25, 0.3) is 0 Å². The number of halogens is 1. The fraction of sp³-hybridized carbons (Fsp3) is 0.250. The summed E-state index contributed by atoms with van der Waals surface area (Å²) in [6.07, 6.45) is 7.70. The Kier molecular flexibility index (Phi) is 5.84. The first kappa shape index (κ1) is 10.0. The molecule has 0 amide bonds. The van der Waals surface area contributed by atoms with Crippen molar-refractivity contribution in [1.29, 1.82) is 0 Å². The van der Waals surface area contributed by atoms with Crippen LogP contribution in [0, 0.1) is 0 Å². The average Bonchev–Trinajstić information content (AvgIpc) is 1.98. The number of thioether (sulfide) groups is 1. The molecule has 0 atom stereocenters. The fourth-order valence-electron chi connectivity index (χ4n) is 0.367. The number of hydrogen-bond donors (Lipinski definition) is 0. The SMILES string of the molecule is C=CC=CC(Br)=C(C)SC. The van der Waals surface area contributed by atoms with Crippen molar-refractivity contribution in [2.75, 3.05) is 6.26 Å². The van der Waals surface area contributed by atoms with E-state index < -0.39 is 0 Å². The molecule has 0 bridgehead atoms. The maximum atomic E-state index is 3.58. The molecule has 0 fully saturated rings. The van der Waals surface area contributed by atoms with E-state index in [1.165, 1.54) is 4.91 Å². The summed E-state index contributed by atoms with van der Waals surface area (Å²) in [6, 6.07) is 0. The smallest absolute Gasteiger partial charge is 0.0267 e. The van der Waals surface area contributed by atoms with Crippen molar-refractivity contribution in [3.8, 4) is 0 Å². The zero-order valence-corrected chi connectivity index (χ0v) is 8.63. The largest absolute Gasteiger partial charge is 0.133 e. The average molecular weight is 219 g/mol. The van der Waals surface area contributed by atoms with Gasteiger partial charge in [-0.2, -0.15) is 0 Å². The van der Waals surface area contributed by atoms with Crippen molar-refractivity contribution in [3.63, 3.8) is 0 Å². The highest BCUT2D eigenvalue weighted by Crippen LogP contribution is 2.21. The highest BCUT2D eigenvalue weighted by Gasteiger charge is 1.89. The van der Waals surface area contributed by atoms with E-state index in [1.807, 2.05) is 12.2 Å². The monoisotopic (exact) mass is 218 g/mol. The van der Waals surface area contributed by atoms with E-state index in [4.69, 9.17) is 0 Å². The summed E-state index contributed by atoms with van der Waals surface area (Å²) in [5, 5.41) is 0. The number of hydrogen-bond acceptors (Lipinski definition) is 1. The summed E-state index contributed by atoms with van der Waals surface area (Å²) in [7, 11) is 0. The minimum atomic E-state index is 1.12. The van der Waals surface area contributed by atoms with Crippen LogP contribution in [0.1, 0.15) is 6.92 Å². The Bertz CT molecular complexity index is 168. The summed E-state index contributed by atoms with van der Waals surface area (Å²) >= 11 is 5.16. The summed E-state index contributed by atoms with van der Waals surface area (Å²) in [4.78, 5) is 1.28. The molecule has 0 spiro atoms. The Morgan fingerprint density at radius 1 is 1.60 bits per heavy atom. The van der Waals surface area contributed by atoms with Gasteiger partial charge in [0.15, 0.2) is 0 Å². The van der Waals surface area contributed by atoms with Crippen molar-refractivity contribution in [1.82, 2.24) is 0 Å². The summed E-state index contributed by atoms with van der Waals surface area (Å²) in [5.41, 5.74) is 0.